The summed E-state index contributed by atoms with van der Waals surface area (Å²) in [5, 5.41) is 9.39. The first-order chi connectivity index (χ1) is 7.22. The molecule has 0 aromatic carbocycles. The predicted octanol–water partition coefficient (Wildman–Crippen LogP) is 1.97. The molecular weight excluding hydrogens is 236 g/mol. The molecule has 0 aliphatic rings. The summed E-state index contributed by atoms with van der Waals surface area (Å²) in [6.07, 6.45) is 1.59. The molecule has 0 amide bonds. The van der Waals surface area contributed by atoms with Crippen LogP contribution in [0.25, 0.3) is 9.75 Å². The fraction of sp³-hybridized carbons (Fsp3) is 0.125. The van der Waals surface area contributed by atoms with Gasteiger partial charge in [-0.25, -0.2) is 14.8 Å². The van der Waals surface area contributed by atoms with Gasteiger partial charge in [-0.05, 0) is 0 Å². The SMILES string of the molecule is COc1ncc(-c2scnc2C(=O)O)s1. The van der Waals surface area contributed by atoms with Crippen LogP contribution in [-0.2, 0) is 0 Å². The highest BCUT2D eigenvalue weighted by atomic mass is 32.1. The molecule has 0 aliphatic heterocycles. The lowest BCUT2D eigenvalue weighted by molar-refractivity contribution is 0.0692. The van der Waals surface area contributed by atoms with Crippen molar-refractivity contribution >= 4 is 28.6 Å². The van der Waals surface area contributed by atoms with Crippen LogP contribution in [0.5, 0.6) is 5.19 Å². The maximum atomic E-state index is 10.8. The average Bonchev–Trinajstić information content (AvgIpc) is 2.85. The maximum Gasteiger partial charge on any atom is 0.356 e. The molecule has 0 saturated carbocycles. The number of thiazole rings is 2. The van der Waals surface area contributed by atoms with Crippen molar-refractivity contribution in [1.29, 1.82) is 0 Å². The Morgan fingerprint density at radius 1 is 1.53 bits per heavy atom. The third kappa shape index (κ3) is 1.83. The van der Waals surface area contributed by atoms with Crippen LogP contribution in [0.3, 0.4) is 0 Å². The number of aromatic nitrogens is 2. The standard InChI is InChI=1S/C8H6N2O3S2/c1-13-8-9-2-4(15-8)6-5(7(11)12)10-3-14-6/h2-3H,1H3,(H,11,12). The predicted molar refractivity (Wildman–Crippen MR) is 56.7 cm³/mol. The Kier molecular flexibility index (Phi) is 2.65. The van der Waals surface area contributed by atoms with Crippen LogP contribution in [0, 0.1) is 0 Å². The monoisotopic (exact) mass is 242 g/mol. The molecule has 2 rings (SSSR count). The van der Waals surface area contributed by atoms with Gasteiger partial charge < -0.3 is 9.84 Å². The van der Waals surface area contributed by atoms with Crippen molar-refractivity contribution in [2.45, 2.75) is 0 Å². The van der Waals surface area contributed by atoms with Gasteiger partial charge in [-0.3, -0.25) is 0 Å². The van der Waals surface area contributed by atoms with Crippen LogP contribution in [0.4, 0.5) is 0 Å². The molecule has 0 radical (unpaired) electrons. The van der Waals surface area contributed by atoms with Crippen molar-refractivity contribution < 1.29 is 14.6 Å². The van der Waals surface area contributed by atoms with Gasteiger partial charge in [0, 0.05) is 0 Å². The second-order valence-corrected chi connectivity index (χ2v) is 4.38. The summed E-state index contributed by atoms with van der Waals surface area (Å²) in [6, 6.07) is 0. The second-order valence-electron chi connectivity index (χ2n) is 2.53. The van der Waals surface area contributed by atoms with E-state index in [1.54, 1.807) is 6.20 Å². The van der Waals surface area contributed by atoms with E-state index in [9.17, 15) is 4.79 Å². The fourth-order valence-electron chi connectivity index (χ4n) is 1.03. The van der Waals surface area contributed by atoms with Gasteiger partial charge in [0.05, 0.1) is 28.6 Å². The van der Waals surface area contributed by atoms with E-state index < -0.39 is 5.97 Å². The molecule has 2 heterocycles. The molecule has 2 aromatic heterocycles. The van der Waals surface area contributed by atoms with Crippen LogP contribution in [-0.4, -0.2) is 28.2 Å². The first-order valence-electron chi connectivity index (χ1n) is 3.89. The lowest BCUT2D eigenvalue weighted by Crippen LogP contribution is -1.97. The van der Waals surface area contributed by atoms with Gasteiger partial charge >= 0.3 is 5.97 Å². The molecule has 0 unspecified atom stereocenters. The van der Waals surface area contributed by atoms with Gasteiger partial charge in [-0.1, -0.05) is 11.3 Å². The number of carboxylic acids is 1. The normalized spacial score (nSPS) is 10.2. The van der Waals surface area contributed by atoms with E-state index in [2.05, 4.69) is 9.97 Å². The number of rotatable bonds is 3. The van der Waals surface area contributed by atoms with E-state index in [1.807, 2.05) is 0 Å². The number of ether oxygens (including phenoxy) is 1. The lowest BCUT2D eigenvalue weighted by atomic mass is 10.3. The molecule has 5 nitrogen and oxygen atoms in total. The zero-order valence-corrected chi connectivity index (χ0v) is 9.26. The number of aromatic carboxylic acids is 1. The van der Waals surface area contributed by atoms with Crippen LogP contribution in [0.1, 0.15) is 10.5 Å². The van der Waals surface area contributed by atoms with Gasteiger partial charge in [0.15, 0.2) is 5.69 Å². The average molecular weight is 242 g/mol. The van der Waals surface area contributed by atoms with E-state index in [-0.39, 0.29) is 5.69 Å². The summed E-state index contributed by atoms with van der Waals surface area (Å²) < 4.78 is 4.94. The highest BCUT2D eigenvalue weighted by Gasteiger charge is 2.17. The largest absolute Gasteiger partial charge is 0.476 e. The second kappa shape index (κ2) is 3.95. The molecule has 0 aliphatic carbocycles. The van der Waals surface area contributed by atoms with Gasteiger partial charge in [0.25, 0.3) is 5.19 Å². The van der Waals surface area contributed by atoms with Crippen LogP contribution in [0.15, 0.2) is 11.7 Å². The fourth-order valence-corrected chi connectivity index (χ4v) is 2.66. The molecule has 0 saturated heterocycles. The Labute approximate surface area is 93.0 Å². The summed E-state index contributed by atoms with van der Waals surface area (Å²) in [7, 11) is 1.52. The van der Waals surface area contributed by atoms with Crippen molar-refractivity contribution in [3.05, 3.63) is 17.4 Å². The summed E-state index contributed by atoms with van der Waals surface area (Å²) >= 11 is 2.57. The minimum Gasteiger partial charge on any atom is -0.476 e. The smallest absolute Gasteiger partial charge is 0.356 e. The molecule has 15 heavy (non-hydrogen) atoms. The number of carbonyl (C=O) groups is 1. The minimum atomic E-state index is -1.03. The van der Waals surface area contributed by atoms with Crippen LogP contribution in [0.2, 0.25) is 0 Å². The first-order valence-corrected chi connectivity index (χ1v) is 5.59. The van der Waals surface area contributed by atoms with Crippen molar-refractivity contribution in [3.63, 3.8) is 0 Å². The quantitative estimate of drug-likeness (QED) is 0.890. The zero-order chi connectivity index (χ0) is 10.8. The molecule has 0 fully saturated rings. The van der Waals surface area contributed by atoms with Crippen molar-refractivity contribution in [1.82, 2.24) is 9.97 Å². The Hall–Kier alpha value is -1.47. The zero-order valence-electron chi connectivity index (χ0n) is 7.63. The van der Waals surface area contributed by atoms with Gasteiger partial charge in [-0.2, -0.15) is 0 Å². The Bertz CT molecular complexity index is 492. The summed E-state index contributed by atoms with van der Waals surface area (Å²) in [5.41, 5.74) is 1.57. The molecule has 0 spiro atoms. The number of methoxy groups -OCH3 is 1. The van der Waals surface area contributed by atoms with Crippen molar-refractivity contribution in [3.8, 4) is 14.9 Å². The molecule has 1 N–H and O–H groups in total. The molecular formula is C8H6N2O3S2. The highest BCUT2D eigenvalue weighted by molar-refractivity contribution is 7.22. The molecule has 0 atom stereocenters. The lowest BCUT2D eigenvalue weighted by Gasteiger charge is -1.92. The topological polar surface area (TPSA) is 72.3 Å². The molecule has 2 aromatic rings. The first kappa shape index (κ1) is 10.1. The number of hydrogen-bond donors (Lipinski definition) is 1. The summed E-state index contributed by atoms with van der Waals surface area (Å²) in [4.78, 5) is 20.0. The van der Waals surface area contributed by atoms with Crippen molar-refractivity contribution in [2.75, 3.05) is 7.11 Å². The molecule has 0 bridgehead atoms. The third-order valence-corrected chi connectivity index (χ3v) is 3.62. The minimum absolute atomic E-state index is 0.0614. The van der Waals surface area contributed by atoms with Gasteiger partial charge in [-0.15, -0.1) is 11.3 Å². The number of carboxylic acid groups (broad SMARTS) is 1. The Morgan fingerprint density at radius 2 is 2.33 bits per heavy atom. The molecule has 78 valence electrons. The van der Waals surface area contributed by atoms with E-state index >= 15 is 0 Å². The number of nitrogens with zero attached hydrogens (tertiary/aromatic N) is 2. The van der Waals surface area contributed by atoms with E-state index in [4.69, 9.17) is 9.84 Å². The van der Waals surface area contributed by atoms with E-state index in [0.29, 0.717) is 10.1 Å². The van der Waals surface area contributed by atoms with Crippen LogP contribution >= 0.6 is 22.7 Å². The highest BCUT2D eigenvalue weighted by Crippen LogP contribution is 2.34. The number of hydrogen-bond acceptors (Lipinski definition) is 6. The van der Waals surface area contributed by atoms with Crippen molar-refractivity contribution in [2.24, 2.45) is 0 Å². The maximum absolute atomic E-state index is 10.8. The Morgan fingerprint density at radius 3 is 2.93 bits per heavy atom. The van der Waals surface area contributed by atoms with E-state index in [1.165, 1.54) is 35.3 Å². The summed E-state index contributed by atoms with van der Waals surface area (Å²) in [5.74, 6) is -1.03. The van der Waals surface area contributed by atoms with Gasteiger partial charge in [0.1, 0.15) is 0 Å². The third-order valence-electron chi connectivity index (χ3n) is 1.65. The van der Waals surface area contributed by atoms with E-state index in [0.717, 1.165) is 4.88 Å². The summed E-state index contributed by atoms with van der Waals surface area (Å²) in [6.45, 7) is 0. The molecule has 7 heteroatoms. The van der Waals surface area contributed by atoms with Crippen LogP contribution < -0.4 is 4.74 Å². The van der Waals surface area contributed by atoms with Gasteiger partial charge in [0.2, 0.25) is 0 Å². The Balaban J connectivity index is 2.44.